The number of esters is 1. The fraction of sp³-hybridized carbons (Fsp3) is 0.182. The van der Waals surface area contributed by atoms with Crippen molar-refractivity contribution in [1.82, 2.24) is 0 Å². The highest BCUT2D eigenvalue weighted by atomic mass is 19.4. The normalized spacial score (nSPS) is 11.8. The Kier molecular flexibility index (Phi) is 3.71. The van der Waals surface area contributed by atoms with Gasteiger partial charge in [-0.2, -0.15) is 13.2 Å². The molecule has 0 aliphatic rings. The van der Waals surface area contributed by atoms with Crippen LogP contribution in [0.1, 0.15) is 18.1 Å². The third kappa shape index (κ3) is 3.76. The predicted molar refractivity (Wildman–Crippen MR) is 52.2 cm³/mol. The Balaban J connectivity index is 2.72. The molecule has 0 amide bonds. The van der Waals surface area contributed by atoms with Crippen molar-refractivity contribution in [3.05, 3.63) is 41.7 Å². The summed E-state index contributed by atoms with van der Waals surface area (Å²) in [5.74, 6) is -0.483. The molecule has 0 aliphatic carbocycles. The first-order chi connectivity index (χ1) is 7.39. The average molecular weight is 230 g/mol. The lowest BCUT2D eigenvalue weighted by molar-refractivity contribution is -0.137. The van der Waals surface area contributed by atoms with Crippen LogP contribution in [0.2, 0.25) is 0 Å². The first-order valence-corrected chi connectivity index (χ1v) is 4.40. The molecular formula is C11H9F3O2. The van der Waals surface area contributed by atoms with Crippen molar-refractivity contribution >= 4 is 12.0 Å². The second-order valence-corrected chi connectivity index (χ2v) is 3.03. The summed E-state index contributed by atoms with van der Waals surface area (Å²) >= 11 is 0. The predicted octanol–water partition coefficient (Wildman–Crippen LogP) is 3.24. The summed E-state index contributed by atoms with van der Waals surface area (Å²) in [5.41, 5.74) is -0.189. The van der Waals surface area contributed by atoms with Crippen LogP contribution in [0.25, 0.3) is 6.08 Å². The van der Waals surface area contributed by atoms with Crippen LogP contribution < -0.4 is 0 Å². The van der Waals surface area contributed by atoms with Gasteiger partial charge in [-0.1, -0.05) is 12.1 Å². The molecule has 1 aromatic carbocycles. The van der Waals surface area contributed by atoms with Crippen molar-refractivity contribution in [1.29, 1.82) is 0 Å². The highest BCUT2D eigenvalue weighted by molar-refractivity contribution is 5.67. The molecule has 1 aromatic rings. The van der Waals surface area contributed by atoms with Crippen LogP contribution in [0, 0.1) is 0 Å². The summed E-state index contributed by atoms with van der Waals surface area (Å²) in [4.78, 5) is 10.4. The van der Waals surface area contributed by atoms with Gasteiger partial charge in [0.15, 0.2) is 0 Å². The largest absolute Gasteiger partial charge is 0.435 e. The van der Waals surface area contributed by atoms with Gasteiger partial charge in [-0.15, -0.1) is 0 Å². The van der Waals surface area contributed by atoms with Gasteiger partial charge in [-0.05, 0) is 23.8 Å². The zero-order chi connectivity index (χ0) is 12.2. The average Bonchev–Trinajstić information content (AvgIpc) is 2.16. The minimum atomic E-state index is -4.34. The molecule has 0 saturated carbocycles. The molecule has 2 nitrogen and oxygen atoms in total. The van der Waals surface area contributed by atoms with Crippen molar-refractivity contribution in [3.63, 3.8) is 0 Å². The maximum Gasteiger partial charge on any atom is 0.416 e. The number of hydrogen-bond donors (Lipinski definition) is 0. The Labute approximate surface area is 90.3 Å². The van der Waals surface area contributed by atoms with E-state index in [1.165, 1.54) is 25.1 Å². The molecule has 0 bridgehead atoms. The van der Waals surface area contributed by atoms with Crippen molar-refractivity contribution in [2.45, 2.75) is 13.1 Å². The van der Waals surface area contributed by atoms with Crippen LogP contribution in [-0.4, -0.2) is 5.97 Å². The van der Waals surface area contributed by atoms with Crippen LogP contribution in [-0.2, 0) is 15.7 Å². The van der Waals surface area contributed by atoms with Crippen LogP contribution in [0.5, 0.6) is 0 Å². The summed E-state index contributed by atoms with van der Waals surface area (Å²) in [6.07, 6.45) is -1.80. The Morgan fingerprint density at radius 2 is 1.81 bits per heavy atom. The van der Waals surface area contributed by atoms with Gasteiger partial charge in [0.25, 0.3) is 0 Å². The van der Waals surface area contributed by atoms with Gasteiger partial charge in [-0.25, -0.2) is 0 Å². The molecular weight excluding hydrogens is 221 g/mol. The van der Waals surface area contributed by atoms with Crippen LogP contribution in [0.15, 0.2) is 30.5 Å². The highest BCUT2D eigenvalue weighted by Gasteiger charge is 2.29. The topological polar surface area (TPSA) is 26.3 Å². The number of ether oxygens (including phenoxy) is 1. The van der Waals surface area contributed by atoms with E-state index in [-0.39, 0.29) is 0 Å². The molecule has 0 fully saturated rings. The number of hydrogen-bond acceptors (Lipinski definition) is 2. The van der Waals surface area contributed by atoms with Gasteiger partial charge in [0.1, 0.15) is 0 Å². The van der Waals surface area contributed by atoms with E-state index in [9.17, 15) is 18.0 Å². The highest BCUT2D eigenvalue weighted by Crippen LogP contribution is 2.29. The minimum Gasteiger partial charge on any atom is -0.435 e. The number of benzene rings is 1. The molecule has 0 spiro atoms. The fourth-order valence-electron chi connectivity index (χ4n) is 0.992. The lowest BCUT2D eigenvalue weighted by Gasteiger charge is -2.05. The van der Waals surface area contributed by atoms with Crippen LogP contribution in [0.3, 0.4) is 0 Å². The van der Waals surface area contributed by atoms with Crippen molar-refractivity contribution in [3.8, 4) is 0 Å². The number of halogens is 3. The summed E-state index contributed by atoms with van der Waals surface area (Å²) in [5, 5.41) is 0. The van der Waals surface area contributed by atoms with Gasteiger partial charge in [-0.3, -0.25) is 4.79 Å². The lowest BCUT2D eigenvalue weighted by Crippen LogP contribution is -2.03. The molecule has 0 unspecified atom stereocenters. The standard InChI is InChI=1S/C11H9F3O2/c1-8(15)16-7-6-9-2-4-10(5-3-9)11(12,13)14/h2-7H,1H3/b7-6+. The van der Waals surface area contributed by atoms with E-state index in [1.807, 2.05) is 0 Å². The molecule has 0 aromatic heterocycles. The smallest absolute Gasteiger partial charge is 0.416 e. The number of carbonyl (C=O) groups is 1. The van der Waals surface area contributed by atoms with Gasteiger partial charge in [0.2, 0.25) is 0 Å². The zero-order valence-corrected chi connectivity index (χ0v) is 8.41. The summed E-state index contributed by atoms with van der Waals surface area (Å²) in [7, 11) is 0. The van der Waals surface area contributed by atoms with E-state index in [0.29, 0.717) is 5.56 Å². The van der Waals surface area contributed by atoms with E-state index in [4.69, 9.17) is 0 Å². The second-order valence-electron chi connectivity index (χ2n) is 3.03. The Bertz CT molecular complexity index is 391. The maximum atomic E-state index is 12.2. The molecule has 0 heterocycles. The molecule has 5 heteroatoms. The molecule has 0 saturated heterocycles. The molecule has 16 heavy (non-hydrogen) atoms. The van der Waals surface area contributed by atoms with Crippen molar-refractivity contribution in [2.24, 2.45) is 0 Å². The summed E-state index contributed by atoms with van der Waals surface area (Å²) < 4.78 is 41.1. The first kappa shape index (κ1) is 12.3. The summed E-state index contributed by atoms with van der Waals surface area (Å²) in [6.45, 7) is 1.23. The van der Waals surface area contributed by atoms with Gasteiger partial charge >= 0.3 is 12.1 Å². The first-order valence-electron chi connectivity index (χ1n) is 4.40. The SMILES string of the molecule is CC(=O)O/C=C/c1ccc(C(F)(F)F)cc1. The van der Waals surface area contributed by atoms with E-state index in [0.717, 1.165) is 18.4 Å². The lowest BCUT2D eigenvalue weighted by atomic mass is 10.1. The Morgan fingerprint density at radius 1 is 1.25 bits per heavy atom. The van der Waals surface area contributed by atoms with Gasteiger partial charge < -0.3 is 4.74 Å². The zero-order valence-electron chi connectivity index (χ0n) is 8.41. The molecule has 0 N–H and O–H groups in total. The quantitative estimate of drug-likeness (QED) is 0.575. The molecule has 0 aliphatic heterocycles. The van der Waals surface area contributed by atoms with E-state index >= 15 is 0 Å². The monoisotopic (exact) mass is 230 g/mol. The van der Waals surface area contributed by atoms with Crippen LogP contribution >= 0.6 is 0 Å². The number of rotatable bonds is 2. The maximum absolute atomic E-state index is 12.2. The van der Waals surface area contributed by atoms with Gasteiger partial charge in [0.05, 0.1) is 11.8 Å². The second kappa shape index (κ2) is 4.83. The van der Waals surface area contributed by atoms with E-state index in [1.54, 1.807) is 0 Å². The van der Waals surface area contributed by atoms with Crippen molar-refractivity contribution in [2.75, 3.05) is 0 Å². The van der Waals surface area contributed by atoms with Crippen molar-refractivity contribution < 1.29 is 22.7 Å². The Hall–Kier alpha value is -1.78. The van der Waals surface area contributed by atoms with E-state index in [2.05, 4.69) is 4.74 Å². The van der Waals surface area contributed by atoms with Crippen LogP contribution in [0.4, 0.5) is 13.2 Å². The summed E-state index contributed by atoms with van der Waals surface area (Å²) in [6, 6.07) is 4.52. The third-order valence-electron chi connectivity index (χ3n) is 1.73. The third-order valence-corrected chi connectivity index (χ3v) is 1.73. The molecule has 0 atom stereocenters. The molecule has 86 valence electrons. The fourth-order valence-corrected chi connectivity index (χ4v) is 0.992. The number of carbonyl (C=O) groups excluding carboxylic acids is 1. The van der Waals surface area contributed by atoms with Gasteiger partial charge in [0, 0.05) is 6.92 Å². The molecule has 1 rings (SSSR count). The molecule has 0 radical (unpaired) electrons. The van der Waals surface area contributed by atoms with E-state index < -0.39 is 17.7 Å². The Morgan fingerprint density at radius 3 is 2.25 bits per heavy atom. The number of alkyl halides is 3. The minimum absolute atomic E-state index is 0.483.